The normalized spacial score (nSPS) is 11.3. The third kappa shape index (κ3) is 6.05. The number of carbonyl (C=O) groups excluding carboxylic acids is 1. The lowest BCUT2D eigenvalue weighted by Crippen LogP contribution is -2.27. The first-order chi connectivity index (χ1) is 15.9. The summed E-state index contributed by atoms with van der Waals surface area (Å²) >= 11 is 0. The molecule has 0 aliphatic heterocycles. The average molecular weight is 447 g/mol. The van der Waals surface area contributed by atoms with Crippen molar-refractivity contribution >= 4 is 17.6 Å². The summed E-state index contributed by atoms with van der Waals surface area (Å²) in [6, 6.07) is 12.7. The van der Waals surface area contributed by atoms with Crippen LogP contribution in [0.1, 0.15) is 30.0 Å². The SMILES string of the molecule is CCOCCCNC(=O)C(C#N)=Cc1c(Oc2cc(C)cc(C)c2)nc2ccccn2c1=O. The molecule has 3 rings (SSSR count). The van der Waals surface area contributed by atoms with Crippen LogP contribution < -0.4 is 15.6 Å². The standard InChI is InChI=1S/C25H26N4O4/c1-4-32-11-7-9-27-23(30)19(16-26)15-21-24(33-20-13-17(2)12-18(3)14-20)28-22-8-5-6-10-29(22)25(21)31/h5-6,8,10,12-15H,4,7,9,11H2,1-3H3,(H,27,30). The highest BCUT2D eigenvalue weighted by Crippen LogP contribution is 2.26. The molecule has 0 bridgehead atoms. The monoisotopic (exact) mass is 446 g/mol. The number of hydrogen-bond donors (Lipinski definition) is 1. The average Bonchev–Trinajstić information content (AvgIpc) is 2.78. The number of aromatic nitrogens is 2. The highest BCUT2D eigenvalue weighted by molar-refractivity contribution is 6.01. The van der Waals surface area contributed by atoms with E-state index in [0.29, 0.717) is 37.6 Å². The maximum atomic E-state index is 13.2. The summed E-state index contributed by atoms with van der Waals surface area (Å²) in [6.07, 6.45) is 3.41. The number of pyridine rings is 1. The highest BCUT2D eigenvalue weighted by Gasteiger charge is 2.17. The Morgan fingerprint density at radius 3 is 2.70 bits per heavy atom. The Balaban J connectivity index is 2.01. The molecule has 0 spiro atoms. The number of amides is 1. The minimum absolute atomic E-state index is 0.0128. The number of rotatable bonds is 9. The fourth-order valence-corrected chi connectivity index (χ4v) is 3.30. The second-order valence-electron chi connectivity index (χ2n) is 7.47. The van der Waals surface area contributed by atoms with Gasteiger partial charge in [0.2, 0.25) is 5.88 Å². The van der Waals surface area contributed by atoms with Gasteiger partial charge in [0.1, 0.15) is 28.6 Å². The smallest absolute Gasteiger partial charge is 0.269 e. The van der Waals surface area contributed by atoms with Crippen LogP contribution in [0.3, 0.4) is 0 Å². The topological polar surface area (TPSA) is 106 Å². The molecule has 0 aliphatic rings. The van der Waals surface area contributed by atoms with Gasteiger partial charge in [-0.1, -0.05) is 12.1 Å². The first-order valence-corrected chi connectivity index (χ1v) is 10.7. The van der Waals surface area contributed by atoms with Gasteiger partial charge in [0, 0.05) is 26.0 Å². The lowest BCUT2D eigenvalue weighted by Gasteiger charge is -2.11. The summed E-state index contributed by atoms with van der Waals surface area (Å²) in [5.74, 6) is -0.0507. The Bertz CT molecular complexity index is 1270. The van der Waals surface area contributed by atoms with E-state index in [4.69, 9.17) is 9.47 Å². The molecular weight excluding hydrogens is 420 g/mol. The van der Waals surface area contributed by atoms with Crippen LogP contribution in [0.2, 0.25) is 0 Å². The van der Waals surface area contributed by atoms with E-state index >= 15 is 0 Å². The minimum Gasteiger partial charge on any atom is -0.438 e. The van der Waals surface area contributed by atoms with Gasteiger partial charge < -0.3 is 14.8 Å². The quantitative estimate of drug-likeness (QED) is 0.306. The molecular formula is C25H26N4O4. The van der Waals surface area contributed by atoms with Gasteiger partial charge in [-0.05, 0) is 68.7 Å². The van der Waals surface area contributed by atoms with Gasteiger partial charge in [-0.25, -0.2) is 0 Å². The van der Waals surface area contributed by atoms with Crippen molar-refractivity contribution in [3.05, 3.63) is 75.2 Å². The summed E-state index contributed by atoms with van der Waals surface area (Å²) in [4.78, 5) is 30.2. The van der Waals surface area contributed by atoms with Crippen LogP contribution in [0.15, 0.2) is 53.0 Å². The van der Waals surface area contributed by atoms with Gasteiger partial charge >= 0.3 is 0 Å². The number of fused-ring (bicyclic) bond motifs is 1. The van der Waals surface area contributed by atoms with Crippen molar-refractivity contribution in [1.29, 1.82) is 5.26 Å². The van der Waals surface area contributed by atoms with Crippen molar-refractivity contribution in [2.75, 3.05) is 19.8 Å². The summed E-state index contributed by atoms with van der Waals surface area (Å²) in [5.41, 5.74) is 1.72. The highest BCUT2D eigenvalue weighted by atomic mass is 16.5. The van der Waals surface area contributed by atoms with Crippen LogP contribution in [0, 0.1) is 25.2 Å². The molecule has 0 atom stereocenters. The van der Waals surface area contributed by atoms with Gasteiger partial charge in [0.15, 0.2) is 0 Å². The number of carbonyl (C=O) groups is 1. The first kappa shape index (κ1) is 23.7. The fourth-order valence-electron chi connectivity index (χ4n) is 3.30. The van der Waals surface area contributed by atoms with Crippen LogP contribution in [-0.4, -0.2) is 35.1 Å². The molecule has 1 aromatic carbocycles. The predicted octanol–water partition coefficient (Wildman–Crippen LogP) is 3.55. The molecule has 3 aromatic rings. The van der Waals surface area contributed by atoms with Gasteiger partial charge in [0.05, 0.1) is 0 Å². The summed E-state index contributed by atoms with van der Waals surface area (Å²) < 4.78 is 12.6. The van der Waals surface area contributed by atoms with Crippen molar-refractivity contribution in [1.82, 2.24) is 14.7 Å². The molecule has 1 amide bonds. The van der Waals surface area contributed by atoms with Crippen LogP contribution in [0.4, 0.5) is 0 Å². The predicted molar refractivity (Wildman–Crippen MR) is 125 cm³/mol. The number of hydrogen-bond acceptors (Lipinski definition) is 6. The Morgan fingerprint density at radius 1 is 1.24 bits per heavy atom. The molecule has 0 aliphatic carbocycles. The van der Waals surface area contributed by atoms with Gasteiger partial charge in [0.25, 0.3) is 11.5 Å². The van der Waals surface area contributed by atoms with E-state index in [-0.39, 0.29) is 17.0 Å². The molecule has 2 heterocycles. The number of aryl methyl sites for hydroxylation is 2. The zero-order valence-corrected chi connectivity index (χ0v) is 18.9. The molecule has 2 aromatic heterocycles. The van der Waals surface area contributed by atoms with Crippen molar-refractivity contribution in [2.24, 2.45) is 0 Å². The Morgan fingerprint density at radius 2 is 2.00 bits per heavy atom. The minimum atomic E-state index is -0.580. The molecule has 0 radical (unpaired) electrons. The lowest BCUT2D eigenvalue weighted by atomic mass is 10.1. The Labute approximate surface area is 192 Å². The van der Waals surface area contributed by atoms with Crippen molar-refractivity contribution in [2.45, 2.75) is 27.2 Å². The molecule has 0 saturated heterocycles. The Kier molecular flexibility index (Phi) is 7.95. The summed E-state index contributed by atoms with van der Waals surface area (Å²) in [6.45, 7) is 7.22. The second-order valence-corrected chi connectivity index (χ2v) is 7.47. The van der Waals surface area contributed by atoms with E-state index in [2.05, 4.69) is 10.3 Å². The molecule has 170 valence electrons. The van der Waals surface area contributed by atoms with Gasteiger partial charge in [-0.3, -0.25) is 14.0 Å². The number of ether oxygens (including phenoxy) is 2. The maximum absolute atomic E-state index is 13.2. The molecule has 0 saturated carbocycles. The molecule has 0 fully saturated rings. The van der Waals surface area contributed by atoms with Crippen LogP contribution in [-0.2, 0) is 9.53 Å². The Hall–Kier alpha value is -3.96. The van der Waals surface area contributed by atoms with E-state index in [1.807, 2.05) is 45.0 Å². The van der Waals surface area contributed by atoms with E-state index < -0.39 is 11.5 Å². The van der Waals surface area contributed by atoms with Crippen molar-refractivity contribution in [3.63, 3.8) is 0 Å². The van der Waals surface area contributed by atoms with Crippen molar-refractivity contribution < 1.29 is 14.3 Å². The number of nitriles is 1. The van der Waals surface area contributed by atoms with E-state index in [9.17, 15) is 14.9 Å². The summed E-state index contributed by atoms with van der Waals surface area (Å²) in [7, 11) is 0. The van der Waals surface area contributed by atoms with Crippen LogP contribution in [0.5, 0.6) is 11.6 Å². The zero-order chi connectivity index (χ0) is 23.8. The van der Waals surface area contributed by atoms with Crippen LogP contribution >= 0.6 is 0 Å². The van der Waals surface area contributed by atoms with Gasteiger partial charge in [-0.15, -0.1) is 0 Å². The third-order valence-electron chi connectivity index (χ3n) is 4.75. The molecule has 0 unspecified atom stereocenters. The number of benzene rings is 1. The van der Waals surface area contributed by atoms with Crippen LogP contribution in [0.25, 0.3) is 11.7 Å². The number of nitrogens with one attached hydrogen (secondary N) is 1. The molecule has 8 nitrogen and oxygen atoms in total. The molecule has 33 heavy (non-hydrogen) atoms. The zero-order valence-electron chi connectivity index (χ0n) is 18.9. The second kappa shape index (κ2) is 11.1. The third-order valence-corrected chi connectivity index (χ3v) is 4.75. The fraction of sp³-hybridized carbons (Fsp3) is 0.280. The van der Waals surface area contributed by atoms with E-state index in [1.165, 1.54) is 10.5 Å². The maximum Gasteiger partial charge on any atom is 0.269 e. The first-order valence-electron chi connectivity index (χ1n) is 10.7. The summed E-state index contributed by atoms with van der Waals surface area (Å²) in [5, 5.41) is 12.3. The molecule has 1 N–H and O–H groups in total. The molecule has 8 heteroatoms. The largest absolute Gasteiger partial charge is 0.438 e. The van der Waals surface area contributed by atoms with Crippen molar-refractivity contribution in [3.8, 4) is 17.7 Å². The van der Waals surface area contributed by atoms with Gasteiger partial charge in [-0.2, -0.15) is 10.2 Å². The number of nitrogens with zero attached hydrogens (tertiary/aromatic N) is 3. The van der Waals surface area contributed by atoms with E-state index in [0.717, 1.165) is 11.1 Å². The lowest BCUT2D eigenvalue weighted by molar-refractivity contribution is -0.117. The van der Waals surface area contributed by atoms with E-state index in [1.54, 1.807) is 24.4 Å².